The Labute approximate surface area is 180 Å². The summed E-state index contributed by atoms with van der Waals surface area (Å²) in [4.78, 5) is 17.1. The van der Waals surface area contributed by atoms with E-state index in [2.05, 4.69) is 11.5 Å². The molecule has 0 saturated carbocycles. The van der Waals surface area contributed by atoms with Crippen LogP contribution >= 0.6 is 11.3 Å². The van der Waals surface area contributed by atoms with E-state index in [-0.39, 0.29) is 11.6 Å². The van der Waals surface area contributed by atoms with Gasteiger partial charge in [-0.1, -0.05) is 60.7 Å². The summed E-state index contributed by atoms with van der Waals surface area (Å²) in [6, 6.07) is 23.9. The summed E-state index contributed by atoms with van der Waals surface area (Å²) in [5.74, 6) is -0.261. The van der Waals surface area contributed by atoms with Crippen LogP contribution < -0.4 is 4.90 Å². The van der Waals surface area contributed by atoms with Crippen molar-refractivity contribution in [1.29, 1.82) is 0 Å². The van der Waals surface area contributed by atoms with Gasteiger partial charge < -0.3 is 4.90 Å². The first-order chi connectivity index (χ1) is 14.7. The molecule has 4 rings (SSSR count). The number of anilines is 1. The van der Waals surface area contributed by atoms with Crippen LogP contribution in [-0.4, -0.2) is 18.9 Å². The molecule has 0 fully saturated rings. The molecule has 0 saturated heterocycles. The van der Waals surface area contributed by atoms with Crippen LogP contribution in [-0.2, 0) is 6.42 Å². The molecule has 0 N–H and O–H groups in total. The van der Waals surface area contributed by atoms with Crippen molar-refractivity contribution >= 4 is 22.8 Å². The van der Waals surface area contributed by atoms with Gasteiger partial charge in [0, 0.05) is 34.8 Å². The second-order valence-corrected chi connectivity index (χ2v) is 8.13. The van der Waals surface area contributed by atoms with Crippen LogP contribution in [0.5, 0.6) is 0 Å². The number of hydrogen-bond donors (Lipinski definition) is 0. The SMILES string of the molecule is C=CCN1CCc2cc(C(=O)c3ccccccccc3)sc2-c2ccc(F)cc21. The highest BCUT2D eigenvalue weighted by Crippen LogP contribution is 2.42. The Bertz CT molecular complexity index is 1120. The molecular formula is C26H22FNOS. The fraction of sp³-hybridized carbons (Fsp3) is 0.115. The highest BCUT2D eigenvalue weighted by molar-refractivity contribution is 7.17. The van der Waals surface area contributed by atoms with E-state index in [1.165, 1.54) is 17.4 Å². The summed E-state index contributed by atoms with van der Waals surface area (Å²) in [6.07, 6.45) is 2.63. The summed E-state index contributed by atoms with van der Waals surface area (Å²) in [6.45, 7) is 5.24. The minimum absolute atomic E-state index is 0.00136. The van der Waals surface area contributed by atoms with Crippen molar-refractivity contribution < 1.29 is 9.18 Å². The number of hydrogen-bond acceptors (Lipinski definition) is 3. The zero-order chi connectivity index (χ0) is 20.9. The molecule has 2 heterocycles. The van der Waals surface area contributed by atoms with Gasteiger partial charge in [0.1, 0.15) is 5.82 Å². The summed E-state index contributed by atoms with van der Waals surface area (Å²) in [5, 5.41) is 0. The lowest BCUT2D eigenvalue weighted by Crippen LogP contribution is -2.25. The normalized spacial score (nSPS) is 12.2. The van der Waals surface area contributed by atoms with Gasteiger partial charge in [-0.25, -0.2) is 4.39 Å². The lowest BCUT2D eigenvalue weighted by molar-refractivity contribution is 0.104. The molecule has 1 aliphatic heterocycles. The molecule has 2 aromatic carbocycles. The van der Waals surface area contributed by atoms with Crippen LogP contribution in [0.2, 0.25) is 0 Å². The van der Waals surface area contributed by atoms with Gasteiger partial charge in [-0.05, 0) is 36.2 Å². The average molecular weight is 416 g/mol. The molecule has 0 unspecified atom stereocenters. The van der Waals surface area contributed by atoms with Crippen LogP contribution in [0.3, 0.4) is 0 Å². The number of carbonyl (C=O) groups excluding carboxylic acids is 1. The molecule has 1 aliphatic rings. The van der Waals surface area contributed by atoms with Crippen molar-refractivity contribution in [2.75, 3.05) is 18.0 Å². The van der Waals surface area contributed by atoms with E-state index in [1.54, 1.807) is 6.07 Å². The van der Waals surface area contributed by atoms with Gasteiger partial charge in [0.15, 0.2) is 0 Å². The Morgan fingerprint density at radius 3 is 2.43 bits per heavy atom. The van der Waals surface area contributed by atoms with Gasteiger partial charge in [0.25, 0.3) is 0 Å². The third-order valence-corrected chi connectivity index (χ3v) is 6.27. The smallest absolute Gasteiger partial charge is 0.202 e. The maximum atomic E-state index is 14.0. The maximum absolute atomic E-state index is 14.0. The fourth-order valence-corrected chi connectivity index (χ4v) is 4.83. The number of rotatable bonds is 4. The Hall–Kier alpha value is -3.24. The Morgan fingerprint density at radius 2 is 1.73 bits per heavy atom. The van der Waals surface area contributed by atoms with Crippen LogP contribution in [0, 0.1) is 5.82 Å². The first kappa shape index (κ1) is 20.0. The molecule has 0 aliphatic carbocycles. The molecule has 0 amide bonds. The topological polar surface area (TPSA) is 20.3 Å². The molecule has 1 aromatic heterocycles. The summed E-state index contributed by atoms with van der Waals surface area (Å²) in [7, 11) is 0. The van der Waals surface area contributed by atoms with E-state index >= 15 is 0 Å². The van der Waals surface area contributed by atoms with Crippen molar-refractivity contribution in [3.05, 3.63) is 113 Å². The number of nitrogens with zero attached hydrogens (tertiary/aromatic N) is 1. The highest BCUT2D eigenvalue weighted by atomic mass is 32.1. The molecule has 2 nitrogen and oxygen atoms in total. The molecule has 0 radical (unpaired) electrons. The third-order valence-electron chi connectivity index (χ3n) is 5.06. The van der Waals surface area contributed by atoms with Gasteiger partial charge in [-0.2, -0.15) is 0 Å². The predicted octanol–water partition coefficient (Wildman–Crippen LogP) is 6.46. The van der Waals surface area contributed by atoms with Gasteiger partial charge in [-0.3, -0.25) is 4.79 Å². The van der Waals surface area contributed by atoms with Crippen LogP contribution in [0.25, 0.3) is 10.4 Å². The van der Waals surface area contributed by atoms with E-state index in [0.717, 1.165) is 34.7 Å². The molecule has 0 bridgehead atoms. The zero-order valence-corrected chi connectivity index (χ0v) is 17.4. The molecule has 30 heavy (non-hydrogen) atoms. The fourth-order valence-electron chi connectivity index (χ4n) is 3.62. The molecule has 4 heteroatoms. The van der Waals surface area contributed by atoms with Crippen molar-refractivity contribution in [2.24, 2.45) is 0 Å². The number of halogens is 1. The molecule has 0 spiro atoms. The largest absolute Gasteiger partial charge is 0.367 e. The van der Waals surface area contributed by atoms with E-state index < -0.39 is 0 Å². The second-order valence-electron chi connectivity index (χ2n) is 7.08. The van der Waals surface area contributed by atoms with E-state index in [1.807, 2.05) is 72.8 Å². The van der Waals surface area contributed by atoms with Crippen molar-refractivity contribution in [3.8, 4) is 10.4 Å². The third kappa shape index (κ3) is 4.19. The van der Waals surface area contributed by atoms with E-state index in [0.29, 0.717) is 17.0 Å². The predicted molar refractivity (Wildman–Crippen MR) is 123 cm³/mol. The van der Waals surface area contributed by atoms with Crippen molar-refractivity contribution in [2.45, 2.75) is 6.42 Å². The second kappa shape index (κ2) is 9.06. The summed E-state index contributed by atoms with van der Waals surface area (Å²) < 4.78 is 14.0. The van der Waals surface area contributed by atoms with Gasteiger partial charge in [0.2, 0.25) is 5.78 Å². The van der Waals surface area contributed by atoms with Crippen LogP contribution in [0.15, 0.2) is 91.5 Å². The summed E-state index contributed by atoms with van der Waals surface area (Å²) >= 11 is 1.49. The Balaban J connectivity index is 1.78. The number of benzene rings is 1. The summed E-state index contributed by atoms with van der Waals surface area (Å²) in [5.41, 5.74) is 3.59. The van der Waals surface area contributed by atoms with E-state index in [9.17, 15) is 9.18 Å². The Morgan fingerprint density at radius 1 is 1.03 bits per heavy atom. The minimum Gasteiger partial charge on any atom is -0.367 e. The lowest BCUT2D eigenvalue weighted by Gasteiger charge is -2.23. The average Bonchev–Trinajstić information content (AvgIpc) is 3.12. The first-order valence-electron chi connectivity index (χ1n) is 9.89. The number of thiophene rings is 1. The van der Waals surface area contributed by atoms with Crippen molar-refractivity contribution in [1.82, 2.24) is 0 Å². The Kier molecular flexibility index (Phi) is 6.05. The maximum Gasteiger partial charge on any atom is 0.202 e. The quantitative estimate of drug-likeness (QED) is 0.360. The molecular weight excluding hydrogens is 393 g/mol. The van der Waals surface area contributed by atoms with E-state index in [4.69, 9.17) is 0 Å². The lowest BCUT2D eigenvalue weighted by atomic mass is 10.1. The number of carbonyl (C=O) groups is 1. The first-order valence-corrected chi connectivity index (χ1v) is 10.7. The number of ketones is 1. The molecule has 3 aromatic rings. The van der Waals surface area contributed by atoms with Crippen molar-refractivity contribution in [3.63, 3.8) is 0 Å². The molecule has 0 atom stereocenters. The molecule has 150 valence electrons. The minimum atomic E-state index is -0.259. The monoisotopic (exact) mass is 415 g/mol. The zero-order valence-electron chi connectivity index (χ0n) is 16.6. The highest BCUT2D eigenvalue weighted by Gasteiger charge is 2.24. The van der Waals surface area contributed by atoms with Gasteiger partial charge >= 0.3 is 0 Å². The van der Waals surface area contributed by atoms with Gasteiger partial charge in [-0.15, -0.1) is 17.9 Å². The van der Waals surface area contributed by atoms with Crippen LogP contribution in [0.4, 0.5) is 10.1 Å². The number of fused-ring (bicyclic) bond motifs is 3. The van der Waals surface area contributed by atoms with Crippen LogP contribution in [0.1, 0.15) is 20.8 Å². The standard InChI is InChI=1S/C26H22FNOS/c1-2-15-28-16-14-20-17-24(30-26(20)22-13-12-21(27)18-23(22)28)25(29)19-10-8-6-4-3-5-7-9-11-19/h2-13,17-18H,1,14-16H2. The van der Waals surface area contributed by atoms with Gasteiger partial charge in [0.05, 0.1) is 4.88 Å².